The fourth-order valence-corrected chi connectivity index (χ4v) is 10.2. The Morgan fingerprint density at radius 3 is 1.88 bits per heavy atom. The van der Waals surface area contributed by atoms with E-state index in [1.165, 1.54) is 5.56 Å². The number of hydrogen-bond donors (Lipinski definition) is 0. The van der Waals surface area contributed by atoms with Crippen LogP contribution in [0.4, 0.5) is 0 Å². The van der Waals surface area contributed by atoms with Crippen LogP contribution in [0.25, 0.3) is 0 Å². The average molecular weight is 491 g/mol. The van der Waals surface area contributed by atoms with Crippen LogP contribution in [-0.2, 0) is 20.5 Å². The summed E-state index contributed by atoms with van der Waals surface area (Å²) in [6.07, 6.45) is 2.13. The maximum Gasteiger partial charge on any atom is 0.322 e. The first-order valence-corrected chi connectivity index (χ1v) is 14.9. The minimum absolute atomic E-state index is 0.0686. The van der Waals surface area contributed by atoms with Crippen LogP contribution in [0.15, 0.2) is 54.6 Å². The van der Waals surface area contributed by atoms with Crippen molar-refractivity contribution in [3.63, 3.8) is 0 Å². The van der Waals surface area contributed by atoms with Crippen molar-refractivity contribution in [2.75, 3.05) is 20.7 Å². The zero-order valence-electron chi connectivity index (χ0n) is 24.1. The first-order valence-electron chi connectivity index (χ1n) is 12.7. The first-order chi connectivity index (χ1) is 15.5. The second-order valence-corrected chi connectivity index (χ2v) is 17.4. The Bertz CT molecular complexity index is 770. The average Bonchev–Trinajstić information content (AvgIpc) is 2.67. The van der Waals surface area contributed by atoms with Crippen LogP contribution >= 0.6 is 0 Å². The minimum atomic E-state index is -2.18. The molecule has 4 nitrogen and oxygen atoms in total. The van der Waals surface area contributed by atoms with Gasteiger partial charge in [-0.1, -0.05) is 78.5 Å². The Labute approximate surface area is 211 Å². The summed E-state index contributed by atoms with van der Waals surface area (Å²) in [5.74, 6) is 0.634. The molecule has 0 fully saturated rings. The smallest absolute Gasteiger partial charge is 0.322 e. The molecule has 0 aromatic heterocycles. The summed E-state index contributed by atoms with van der Waals surface area (Å²) < 4.78 is 20.2. The molecule has 194 valence electrons. The van der Waals surface area contributed by atoms with E-state index in [0.29, 0.717) is 40.3 Å². The van der Waals surface area contributed by atoms with Crippen molar-refractivity contribution in [1.29, 1.82) is 0 Å². The second-order valence-electron chi connectivity index (χ2n) is 12.1. The third-order valence-electron chi connectivity index (χ3n) is 6.59. The molecule has 0 N–H and O–H groups in total. The molecule has 0 spiro atoms. The fraction of sp³-hybridized carbons (Fsp3) is 0.655. The number of quaternary nitrogens is 1. The van der Waals surface area contributed by atoms with Gasteiger partial charge in [0.25, 0.3) is 8.32 Å². The van der Waals surface area contributed by atoms with Gasteiger partial charge in [0.05, 0.1) is 20.7 Å². The highest BCUT2D eigenvalue weighted by Gasteiger charge is 2.48. The van der Waals surface area contributed by atoms with Gasteiger partial charge in [-0.2, -0.15) is 0 Å². The van der Waals surface area contributed by atoms with Gasteiger partial charge >= 0.3 is 5.95 Å². The molecule has 0 aliphatic rings. The van der Waals surface area contributed by atoms with Gasteiger partial charge in [-0.15, -0.1) is 0 Å². The molecule has 0 radical (unpaired) electrons. The van der Waals surface area contributed by atoms with Crippen molar-refractivity contribution in [2.45, 2.75) is 104 Å². The third-order valence-corrected chi connectivity index (χ3v) is 12.6. The number of benzene rings is 1. The van der Waals surface area contributed by atoms with E-state index in [1.54, 1.807) is 0 Å². The molecule has 34 heavy (non-hydrogen) atoms. The zero-order valence-corrected chi connectivity index (χ0v) is 25.1. The molecule has 1 unspecified atom stereocenters. The van der Waals surface area contributed by atoms with Crippen LogP contribution in [0.5, 0.6) is 0 Å². The summed E-state index contributed by atoms with van der Waals surface area (Å²) in [6.45, 7) is 27.5. The molecule has 0 bridgehead atoms. The highest BCUT2D eigenvalue weighted by molar-refractivity contribution is 6.77. The Balaban J connectivity index is 3.30. The van der Waals surface area contributed by atoms with Gasteiger partial charge < -0.3 is 13.9 Å². The third kappa shape index (κ3) is 8.58. The molecule has 1 aromatic carbocycles. The van der Waals surface area contributed by atoms with E-state index in [2.05, 4.69) is 108 Å². The Morgan fingerprint density at radius 2 is 1.47 bits per heavy atom. The predicted octanol–water partition coefficient (Wildman–Crippen LogP) is 8.03. The van der Waals surface area contributed by atoms with E-state index in [0.717, 1.165) is 5.57 Å². The summed E-state index contributed by atoms with van der Waals surface area (Å²) in [6, 6.07) is 10.4. The van der Waals surface area contributed by atoms with Crippen LogP contribution in [-0.4, -0.2) is 45.1 Å². The largest absolute Gasteiger partial charge is 0.514 e. The molecule has 0 amide bonds. The number of ether oxygens (including phenoxy) is 2. The molecule has 5 heteroatoms. The van der Waals surface area contributed by atoms with Gasteiger partial charge in [0.1, 0.15) is 18.2 Å². The van der Waals surface area contributed by atoms with E-state index < -0.39 is 8.32 Å². The van der Waals surface area contributed by atoms with E-state index >= 15 is 0 Å². The molecule has 0 aliphatic heterocycles. The Kier molecular flexibility index (Phi) is 11.1. The monoisotopic (exact) mass is 490 g/mol. The minimum Gasteiger partial charge on any atom is -0.514 e. The van der Waals surface area contributed by atoms with Gasteiger partial charge in [0.2, 0.25) is 0 Å². The first kappa shape index (κ1) is 30.5. The van der Waals surface area contributed by atoms with Crippen molar-refractivity contribution in [3.8, 4) is 0 Å². The maximum atomic E-state index is 7.03. The van der Waals surface area contributed by atoms with Crippen LogP contribution in [0.2, 0.25) is 16.6 Å². The summed E-state index contributed by atoms with van der Waals surface area (Å²) in [7, 11) is 2.16. The lowest BCUT2D eigenvalue weighted by molar-refractivity contribution is -0.862. The van der Waals surface area contributed by atoms with Gasteiger partial charge in [-0.3, -0.25) is 4.48 Å². The molecular formula is C29H52NO3Si+. The molecule has 0 heterocycles. The van der Waals surface area contributed by atoms with E-state index in [9.17, 15) is 0 Å². The van der Waals surface area contributed by atoms with Crippen molar-refractivity contribution in [3.05, 3.63) is 60.2 Å². The lowest BCUT2D eigenvalue weighted by Gasteiger charge is -2.44. The SMILES string of the molecule is C=C(C)C(COCc1ccccc1)[N+](C)(C)/C=C(\OC(C)(C)C)O[Si](C(C)C)(C(C)C)C(C)C. The molecule has 1 rings (SSSR count). The lowest BCUT2D eigenvalue weighted by atomic mass is 10.1. The van der Waals surface area contributed by atoms with Crippen molar-refractivity contribution < 1.29 is 18.4 Å². The second kappa shape index (κ2) is 12.4. The number of rotatable bonds is 13. The molecule has 0 saturated heterocycles. The molecule has 0 aliphatic carbocycles. The van der Waals surface area contributed by atoms with Gasteiger partial charge in [0, 0.05) is 0 Å². The highest BCUT2D eigenvalue weighted by Crippen LogP contribution is 2.44. The topological polar surface area (TPSA) is 27.7 Å². The summed E-state index contributed by atoms with van der Waals surface area (Å²) in [4.78, 5) is 0. The van der Waals surface area contributed by atoms with Crippen molar-refractivity contribution >= 4 is 8.32 Å². The summed E-state index contributed by atoms with van der Waals surface area (Å²) in [5.41, 5.74) is 3.26. The van der Waals surface area contributed by atoms with Crippen LogP contribution < -0.4 is 0 Å². The normalized spacial score (nSPS) is 14.6. The maximum absolute atomic E-state index is 7.03. The quantitative estimate of drug-likeness (QED) is 0.121. The summed E-state index contributed by atoms with van der Waals surface area (Å²) in [5, 5.41) is 0. The van der Waals surface area contributed by atoms with Gasteiger partial charge in [-0.05, 0) is 55.5 Å². The van der Waals surface area contributed by atoms with Gasteiger partial charge in [-0.25, -0.2) is 0 Å². The molecule has 1 aromatic rings. The van der Waals surface area contributed by atoms with Gasteiger partial charge in [0.15, 0.2) is 6.20 Å². The highest BCUT2D eigenvalue weighted by atomic mass is 28.4. The molecular weight excluding hydrogens is 438 g/mol. The number of likely N-dealkylation sites (N-methyl/N-ethyl adjacent to an activating group) is 1. The number of hydrogen-bond acceptors (Lipinski definition) is 3. The standard InChI is InChI=1S/C29H52NO3Si/c1-22(2)27(21-31-20-26-17-15-14-16-18-26)30(12,13)19-28(32-29(9,10)11)33-34(23(3)4,24(5)6)25(7)8/h14-19,23-25,27H,1,20-21H2,2-13H3/q+1/b28-19+. The Morgan fingerprint density at radius 1 is 0.971 bits per heavy atom. The fourth-order valence-electron chi connectivity index (χ4n) is 5.03. The summed E-state index contributed by atoms with van der Waals surface area (Å²) >= 11 is 0. The predicted molar refractivity (Wildman–Crippen MR) is 148 cm³/mol. The Hall–Kier alpha value is -1.56. The van der Waals surface area contributed by atoms with Crippen LogP contribution in [0.1, 0.15) is 74.8 Å². The van der Waals surface area contributed by atoms with E-state index in [-0.39, 0.29) is 11.6 Å². The van der Waals surface area contributed by atoms with E-state index in [1.807, 2.05) is 18.2 Å². The van der Waals surface area contributed by atoms with Crippen LogP contribution in [0, 0.1) is 0 Å². The van der Waals surface area contributed by atoms with Crippen molar-refractivity contribution in [1.82, 2.24) is 0 Å². The lowest BCUT2D eigenvalue weighted by Crippen LogP contribution is -2.50. The molecule has 1 atom stereocenters. The van der Waals surface area contributed by atoms with Crippen LogP contribution in [0.3, 0.4) is 0 Å². The van der Waals surface area contributed by atoms with E-state index in [4.69, 9.17) is 13.9 Å². The van der Waals surface area contributed by atoms with Crippen molar-refractivity contribution in [2.24, 2.45) is 0 Å². The number of nitrogens with zero attached hydrogens (tertiary/aromatic N) is 1. The molecule has 0 saturated carbocycles. The zero-order chi connectivity index (χ0) is 26.3.